The van der Waals surface area contributed by atoms with Crippen molar-refractivity contribution in [2.45, 2.75) is 0 Å². The summed E-state index contributed by atoms with van der Waals surface area (Å²) in [5.74, 6) is 0. The van der Waals surface area contributed by atoms with Crippen LogP contribution in [-0.4, -0.2) is 9.13 Å². The molecule has 0 aliphatic carbocycles. The lowest BCUT2D eigenvalue weighted by molar-refractivity contribution is 1.18. The molecule has 0 unspecified atom stereocenters. The summed E-state index contributed by atoms with van der Waals surface area (Å²) in [6, 6.07) is 94.8. The summed E-state index contributed by atoms with van der Waals surface area (Å²) in [6.45, 7) is 0. The lowest BCUT2D eigenvalue weighted by Crippen LogP contribution is -2.11. The lowest BCUT2D eigenvalue weighted by Gasteiger charge is -2.28. The van der Waals surface area contributed by atoms with Crippen LogP contribution in [0.5, 0.6) is 0 Å². The molecule has 13 aromatic rings. The molecule has 13 rings (SSSR count). The van der Waals surface area contributed by atoms with Crippen LogP contribution < -0.4 is 4.90 Å². The van der Waals surface area contributed by atoms with Gasteiger partial charge in [0, 0.05) is 49.4 Å². The molecular weight excluding hydrogens is 811 g/mol. The van der Waals surface area contributed by atoms with Crippen LogP contribution in [0.2, 0.25) is 0 Å². The number of hydrogen-bond acceptors (Lipinski definition) is 1. The summed E-state index contributed by atoms with van der Waals surface area (Å²) in [4.78, 5) is 2.41. The molecule has 0 saturated heterocycles. The Morgan fingerprint density at radius 2 is 0.627 bits per heavy atom. The zero-order valence-electron chi connectivity index (χ0n) is 36.7. The molecule has 2 heterocycles. The van der Waals surface area contributed by atoms with Gasteiger partial charge in [-0.15, -0.1) is 0 Å². The fourth-order valence-corrected chi connectivity index (χ4v) is 10.4. The van der Waals surface area contributed by atoms with E-state index in [2.05, 4.69) is 275 Å². The summed E-state index contributed by atoms with van der Waals surface area (Å²) in [7, 11) is 0. The van der Waals surface area contributed by atoms with Crippen LogP contribution in [0.15, 0.2) is 261 Å². The topological polar surface area (TPSA) is 13.1 Å². The number of benzene rings is 11. The summed E-state index contributed by atoms with van der Waals surface area (Å²) < 4.78 is 4.80. The van der Waals surface area contributed by atoms with E-state index in [1.807, 2.05) is 0 Å². The van der Waals surface area contributed by atoms with Crippen molar-refractivity contribution < 1.29 is 0 Å². The number of rotatable bonds is 8. The van der Waals surface area contributed by atoms with E-state index >= 15 is 0 Å². The van der Waals surface area contributed by atoms with Gasteiger partial charge in [-0.2, -0.15) is 0 Å². The minimum Gasteiger partial charge on any atom is -0.310 e. The second kappa shape index (κ2) is 16.0. The Morgan fingerprint density at radius 1 is 0.239 bits per heavy atom. The molecule has 67 heavy (non-hydrogen) atoms. The molecule has 0 bridgehead atoms. The van der Waals surface area contributed by atoms with Crippen molar-refractivity contribution in [3.05, 3.63) is 261 Å². The Balaban J connectivity index is 0.884. The second-order valence-corrected chi connectivity index (χ2v) is 17.3. The molecule has 3 heteroatoms. The van der Waals surface area contributed by atoms with E-state index in [1.165, 1.54) is 93.5 Å². The predicted molar refractivity (Wildman–Crippen MR) is 284 cm³/mol. The van der Waals surface area contributed by atoms with E-state index in [4.69, 9.17) is 0 Å². The largest absolute Gasteiger partial charge is 0.310 e. The van der Waals surface area contributed by atoms with Crippen LogP contribution in [0.1, 0.15) is 0 Å². The molecule has 0 fully saturated rings. The van der Waals surface area contributed by atoms with Crippen LogP contribution in [-0.2, 0) is 0 Å². The smallest absolute Gasteiger partial charge is 0.0542 e. The lowest BCUT2D eigenvalue weighted by atomic mass is 9.98. The number of para-hydroxylation sites is 4. The molecular formula is C64H43N3. The Bertz CT molecular complexity index is 3880. The quantitative estimate of drug-likeness (QED) is 0.148. The third-order valence-electron chi connectivity index (χ3n) is 13.5. The zero-order valence-corrected chi connectivity index (χ0v) is 36.7. The van der Waals surface area contributed by atoms with Crippen molar-refractivity contribution in [1.29, 1.82) is 0 Å². The Hall–Kier alpha value is -8.92. The molecule has 0 saturated carbocycles. The van der Waals surface area contributed by atoms with E-state index in [-0.39, 0.29) is 0 Å². The van der Waals surface area contributed by atoms with Crippen molar-refractivity contribution in [2.24, 2.45) is 0 Å². The van der Waals surface area contributed by atoms with Crippen LogP contribution in [0.25, 0.3) is 99.1 Å². The first kappa shape index (κ1) is 38.5. The van der Waals surface area contributed by atoms with Gasteiger partial charge in [0.15, 0.2) is 0 Å². The third-order valence-corrected chi connectivity index (χ3v) is 13.5. The van der Waals surface area contributed by atoms with Gasteiger partial charge in [-0.25, -0.2) is 0 Å². The van der Waals surface area contributed by atoms with Gasteiger partial charge in [-0.05, 0) is 112 Å². The van der Waals surface area contributed by atoms with E-state index in [0.29, 0.717) is 0 Å². The minimum absolute atomic E-state index is 1.09. The van der Waals surface area contributed by atoms with Gasteiger partial charge in [-0.3, -0.25) is 0 Å². The summed E-state index contributed by atoms with van der Waals surface area (Å²) in [6.07, 6.45) is 0. The molecule has 0 aliphatic heterocycles. The van der Waals surface area contributed by atoms with E-state index in [0.717, 1.165) is 22.7 Å². The van der Waals surface area contributed by atoms with Gasteiger partial charge in [0.2, 0.25) is 0 Å². The van der Waals surface area contributed by atoms with Gasteiger partial charge in [0.05, 0.1) is 33.4 Å². The normalized spacial score (nSPS) is 11.6. The third kappa shape index (κ3) is 6.51. The molecule has 0 amide bonds. The molecule has 0 spiro atoms. The Kier molecular flexibility index (Phi) is 9.17. The van der Waals surface area contributed by atoms with E-state index in [1.54, 1.807) is 0 Å². The number of nitrogens with zero attached hydrogens (tertiary/aromatic N) is 3. The minimum atomic E-state index is 1.09. The molecule has 0 radical (unpaired) electrons. The van der Waals surface area contributed by atoms with Crippen LogP contribution >= 0.6 is 0 Å². The van der Waals surface area contributed by atoms with Gasteiger partial charge >= 0.3 is 0 Å². The van der Waals surface area contributed by atoms with Gasteiger partial charge < -0.3 is 14.0 Å². The van der Waals surface area contributed by atoms with Crippen LogP contribution in [0.3, 0.4) is 0 Å². The molecule has 0 atom stereocenters. The Labute approximate surface area is 389 Å². The first-order valence-electron chi connectivity index (χ1n) is 23.0. The van der Waals surface area contributed by atoms with Crippen LogP contribution in [0, 0.1) is 0 Å². The number of hydrogen-bond donors (Lipinski definition) is 0. The first-order chi connectivity index (χ1) is 33.2. The predicted octanol–water partition coefficient (Wildman–Crippen LogP) is 17.5. The fourth-order valence-electron chi connectivity index (χ4n) is 10.4. The Morgan fingerprint density at radius 3 is 1.19 bits per heavy atom. The number of anilines is 3. The van der Waals surface area contributed by atoms with Gasteiger partial charge in [-0.1, -0.05) is 182 Å². The van der Waals surface area contributed by atoms with E-state index in [9.17, 15) is 0 Å². The molecule has 3 nitrogen and oxygen atoms in total. The number of aromatic nitrogens is 2. The molecule has 0 N–H and O–H groups in total. The highest BCUT2D eigenvalue weighted by Gasteiger charge is 2.20. The molecule has 0 aliphatic rings. The van der Waals surface area contributed by atoms with Crippen molar-refractivity contribution in [2.75, 3.05) is 4.90 Å². The standard InChI is InChI=1S/C64H43N3/c1-3-15-44(16-4-1)46-31-36-51(37-32-46)65(62-41-42-63(56-20-8-7-19-55(56)62)67-60-25-13-9-21-53(60)54-22-10-14-26-61(54)67)52-38-33-47(34-39-52)45-27-29-48(30-28-45)49-35-40-64-58(43-49)57-23-11-12-24-59(57)66(64)50-17-5-2-6-18-50/h1-43H. The van der Waals surface area contributed by atoms with Gasteiger partial charge in [0.1, 0.15) is 0 Å². The zero-order chi connectivity index (χ0) is 44.3. The van der Waals surface area contributed by atoms with Crippen LogP contribution in [0.4, 0.5) is 17.1 Å². The highest BCUT2D eigenvalue weighted by molar-refractivity contribution is 6.12. The maximum Gasteiger partial charge on any atom is 0.0542 e. The van der Waals surface area contributed by atoms with Gasteiger partial charge in [0.25, 0.3) is 0 Å². The summed E-state index contributed by atoms with van der Waals surface area (Å²) in [5, 5.41) is 7.39. The van der Waals surface area contributed by atoms with Crippen molar-refractivity contribution in [1.82, 2.24) is 9.13 Å². The number of fused-ring (bicyclic) bond motifs is 7. The molecule has 314 valence electrons. The first-order valence-corrected chi connectivity index (χ1v) is 23.0. The second-order valence-electron chi connectivity index (χ2n) is 17.3. The highest BCUT2D eigenvalue weighted by Crippen LogP contribution is 2.44. The van der Waals surface area contributed by atoms with Crippen molar-refractivity contribution in [3.8, 4) is 44.8 Å². The SMILES string of the molecule is c1ccc(-c2ccc(N(c3ccc(-c4ccc(-c5ccc6c(c5)c5ccccc5n6-c5ccccc5)cc4)cc3)c3ccc(-n4c5ccccc5c5ccccc54)c4ccccc34)cc2)cc1. The highest BCUT2D eigenvalue weighted by atomic mass is 15.1. The average Bonchev–Trinajstić information content (AvgIpc) is 3.92. The average molecular weight is 854 g/mol. The molecule has 11 aromatic carbocycles. The summed E-state index contributed by atoms with van der Waals surface area (Å²) >= 11 is 0. The molecule has 2 aromatic heterocycles. The summed E-state index contributed by atoms with van der Waals surface area (Å²) in [5.41, 5.74) is 17.6. The van der Waals surface area contributed by atoms with Crippen molar-refractivity contribution >= 4 is 71.4 Å². The van der Waals surface area contributed by atoms with Crippen molar-refractivity contribution in [3.63, 3.8) is 0 Å². The van der Waals surface area contributed by atoms with E-state index < -0.39 is 0 Å². The maximum atomic E-state index is 2.43. The maximum absolute atomic E-state index is 2.43. The monoisotopic (exact) mass is 853 g/mol. The fraction of sp³-hybridized carbons (Fsp3) is 0.